The van der Waals surface area contributed by atoms with Crippen LogP contribution >= 0.6 is 11.3 Å². The Morgan fingerprint density at radius 2 is 2.04 bits per heavy atom. The fraction of sp³-hybridized carbons (Fsp3) is 0.300. The molecule has 0 radical (unpaired) electrons. The Balaban J connectivity index is 1.73. The highest BCUT2D eigenvalue weighted by Crippen LogP contribution is 2.31. The summed E-state index contributed by atoms with van der Waals surface area (Å²) in [6.07, 6.45) is 1.62. The van der Waals surface area contributed by atoms with E-state index in [0.717, 1.165) is 10.4 Å². The number of amides is 2. The molecular weight excluding hydrogens is 376 g/mol. The molecule has 1 aliphatic heterocycles. The van der Waals surface area contributed by atoms with E-state index in [4.69, 9.17) is 0 Å². The van der Waals surface area contributed by atoms with Crippen molar-refractivity contribution < 1.29 is 9.59 Å². The van der Waals surface area contributed by atoms with Crippen molar-refractivity contribution in [3.63, 3.8) is 0 Å². The lowest BCUT2D eigenvalue weighted by Gasteiger charge is -2.28. The highest BCUT2D eigenvalue weighted by Gasteiger charge is 2.30. The Hall–Kier alpha value is -3.00. The van der Waals surface area contributed by atoms with Gasteiger partial charge < -0.3 is 10.2 Å². The number of thiophene rings is 1. The van der Waals surface area contributed by atoms with Gasteiger partial charge in [-0.2, -0.15) is 0 Å². The monoisotopic (exact) mass is 396 g/mol. The van der Waals surface area contributed by atoms with Gasteiger partial charge in [-0.15, -0.1) is 11.3 Å². The van der Waals surface area contributed by atoms with E-state index in [9.17, 15) is 14.4 Å². The average Bonchev–Trinajstić information content (AvgIpc) is 2.86. The van der Waals surface area contributed by atoms with Gasteiger partial charge in [0, 0.05) is 17.3 Å². The van der Waals surface area contributed by atoms with Gasteiger partial charge in [0.2, 0.25) is 11.8 Å². The molecule has 1 aromatic carbocycles. The second-order valence-corrected chi connectivity index (χ2v) is 8.23. The molecule has 28 heavy (non-hydrogen) atoms. The molecule has 2 amide bonds. The number of carbonyl (C=O) groups is 2. The van der Waals surface area contributed by atoms with Crippen LogP contribution in [0.1, 0.15) is 23.8 Å². The molecular formula is C20H20N4O3S. The van der Waals surface area contributed by atoms with Crippen molar-refractivity contribution in [1.82, 2.24) is 9.55 Å². The fourth-order valence-electron chi connectivity index (χ4n) is 3.57. The van der Waals surface area contributed by atoms with Crippen molar-refractivity contribution in [2.75, 3.05) is 10.2 Å². The lowest BCUT2D eigenvalue weighted by atomic mass is 10.1. The molecule has 7 nitrogen and oxygen atoms in total. The first-order chi connectivity index (χ1) is 13.4. The molecule has 1 aliphatic rings. The number of fused-ring (bicyclic) bond motifs is 2. The molecule has 0 aliphatic carbocycles. The van der Waals surface area contributed by atoms with Gasteiger partial charge in [-0.3, -0.25) is 19.0 Å². The molecule has 1 N–H and O–H groups in total. The van der Waals surface area contributed by atoms with Crippen LogP contribution in [0.5, 0.6) is 0 Å². The van der Waals surface area contributed by atoms with Crippen LogP contribution in [0.3, 0.4) is 0 Å². The van der Waals surface area contributed by atoms with Gasteiger partial charge in [0.15, 0.2) is 0 Å². The molecule has 2 aromatic heterocycles. The van der Waals surface area contributed by atoms with Crippen LogP contribution in [0, 0.1) is 13.8 Å². The minimum absolute atomic E-state index is 0.136. The van der Waals surface area contributed by atoms with E-state index in [1.54, 1.807) is 17.0 Å². The minimum Gasteiger partial charge on any atom is -0.324 e. The molecule has 0 bridgehead atoms. The van der Waals surface area contributed by atoms with Crippen LogP contribution in [-0.4, -0.2) is 27.4 Å². The normalized spacial score (nSPS) is 16.6. The Bertz CT molecular complexity index is 1160. The zero-order valence-corrected chi connectivity index (χ0v) is 16.7. The number of hydrogen-bond acceptors (Lipinski definition) is 5. The number of carbonyl (C=O) groups excluding carboxylic acids is 2. The van der Waals surface area contributed by atoms with Crippen molar-refractivity contribution in [1.29, 1.82) is 0 Å². The Morgan fingerprint density at radius 1 is 1.29 bits per heavy atom. The van der Waals surface area contributed by atoms with E-state index in [0.29, 0.717) is 21.6 Å². The van der Waals surface area contributed by atoms with Crippen LogP contribution < -0.4 is 15.8 Å². The van der Waals surface area contributed by atoms with Crippen LogP contribution in [0.25, 0.3) is 10.2 Å². The summed E-state index contributed by atoms with van der Waals surface area (Å²) in [6.45, 7) is 5.55. The number of benzene rings is 1. The predicted molar refractivity (Wildman–Crippen MR) is 110 cm³/mol. The molecule has 0 spiro atoms. The molecule has 0 unspecified atom stereocenters. The highest BCUT2D eigenvalue weighted by atomic mass is 32.1. The smallest absolute Gasteiger partial charge is 0.262 e. The first kappa shape index (κ1) is 18.4. The number of anilines is 2. The summed E-state index contributed by atoms with van der Waals surface area (Å²) in [5, 5.41) is 3.40. The third kappa shape index (κ3) is 2.99. The first-order valence-corrected chi connectivity index (χ1v) is 9.84. The Kier molecular flexibility index (Phi) is 4.50. The topological polar surface area (TPSA) is 84.3 Å². The minimum atomic E-state index is -0.325. The first-order valence-electron chi connectivity index (χ1n) is 9.03. The van der Waals surface area contributed by atoms with Crippen LogP contribution in [0.15, 0.2) is 35.4 Å². The predicted octanol–water partition coefficient (Wildman–Crippen LogP) is 2.84. The van der Waals surface area contributed by atoms with Crippen molar-refractivity contribution in [2.45, 2.75) is 39.8 Å². The maximum Gasteiger partial charge on any atom is 0.262 e. The fourth-order valence-corrected chi connectivity index (χ4v) is 4.56. The van der Waals surface area contributed by atoms with Crippen LogP contribution in [0.4, 0.5) is 11.4 Å². The molecule has 3 heterocycles. The summed E-state index contributed by atoms with van der Waals surface area (Å²) in [4.78, 5) is 45.9. The zero-order chi connectivity index (χ0) is 20.0. The second kappa shape index (κ2) is 6.87. The zero-order valence-electron chi connectivity index (χ0n) is 15.9. The summed E-state index contributed by atoms with van der Waals surface area (Å²) in [6, 6.07) is 6.87. The number of aromatic nitrogens is 2. The molecule has 8 heteroatoms. The van der Waals surface area contributed by atoms with E-state index >= 15 is 0 Å². The lowest BCUT2D eigenvalue weighted by molar-refractivity contribution is -0.120. The summed E-state index contributed by atoms with van der Waals surface area (Å²) in [5.74, 6) is -0.399. The van der Waals surface area contributed by atoms with E-state index < -0.39 is 0 Å². The van der Waals surface area contributed by atoms with Gasteiger partial charge in [0.05, 0.1) is 23.1 Å². The van der Waals surface area contributed by atoms with Gasteiger partial charge in [-0.25, -0.2) is 4.98 Å². The average molecular weight is 396 g/mol. The van der Waals surface area contributed by atoms with E-state index in [-0.39, 0.29) is 36.4 Å². The quantitative estimate of drug-likeness (QED) is 0.722. The Labute approximate surface area is 165 Å². The molecule has 0 saturated heterocycles. The molecule has 4 rings (SSSR count). The third-order valence-corrected chi connectivity index (χ3v) is 6.20. The maximum atomic E-state index is 13.2. The summed E-state index contributed by atoms with van der Waals surface area (Å²) >= 11 is 1.48. The van der Waals surface area contributed by atoms with Gasteiger partial charge in [-0.05, 0) is 38.5 Å². The second-order valence-electron chi connectivity index (χ2n) is 7.02. The van der Waals surface area contributed by atoms with E-state index in [2.05, 4.69) is 10.3 Å². The molecule has 0 fully saturated rings. The van der Waals surface area contributed by atoms with Crippen LogP contribution in [-0.2, 0) is 16.1 Å². The van der Waals surface area contributed by atoms with Crippen molar-refractivity contribution in [2.24, 2.45) is 0 Å². The maximum absolute atomic E-state index is 13.2. The summed E-state index contributed by atoms with van der Waals surface area (Å²) < 4.78 is 1.35. The number of nitrogens with one attached hydrogen (secondary N) is 1. The number of aryl methyl sites for hydroxylation is 2. The van der Waals surface area contributed by atoms with Crippen LogP contribution in [0.2, 0.25) is 0 Å². The van der Waals surface area contributed by atoms with Crippen molar-refractivity contribution in [3.05, 3.63) is 51.4 Å². The highest BCUT2D eigenvalue weighted by molar-refractivity contribution is 7.18. The largest absolute Gasteiger partial charge is 0.324 e. The van der Waals surface area contributed by atoms with Crippen molar-refractivity contribution in [3.8, 4) is 0 Å². The summed E-state index contributed by atoms with van der Waals surface area (Å²) in [7, 11) is 0. The molecule has 3 aromatic rings. The van der Waals surface area contributed by atoms with Gasteiger partial charge in [-0.1, -0.05) is 12.1 Å². The van der Waals surface area contributed by atoms with E-state index in [1.165, 1.54) is 22.2 Å². The van der Waals surface area contributed by atoms with Gasteiger partial charge in [0.1, 0.15) is 11.4 Å². The van der Waals surface area contributed by atoms with Gasteiger partial charge in [0.25, 0.3) is 5.56 Å². The molecule has 1 atom stereocenters. The molecule has 0 saturated carbocycles. The van der Waals surface area contributed by atoms with E-state index in [1.807, 2.05) is 32.9 Å². The summed E-state index contributed by atoms with van der Waals surface area (Å²) in [5.41, 5.74) is 1.92. The third-order valence-electron chi connectivity index (χ3n) is 5.09. The van der Waals surface area contributed by atoms with Crippen molar-refractivity contribution >= 4 is 44.7 Å². The van der Waals surface area contributed by atoms with Gasteiger partial charge >= 0.3 is 0 Å². The lowest BCUT2D eigenvalue weighted by Crippen LogP contribution is -2.42. The number of nitrogens with zero attached hydrogens (tertiary/aromatic N) is 3. The Morgan fingerprint density at radius 3 is 2.82 bits per heavy atom. The SMILES string of the molecule is Cc1sc2ncn(CC(=O)N3c4ccccc4NC(=O)C[C@@H]3C)c(=O)c2c1C. The number of para-hydroxylation sites is 2. The number of rotatable bonds is 2. The molecule has 144 valence electrons. The standard InChI is InChI=1S/C20H20N4O3S/c1-11-8-16(25)22-14-6-4-5-7-15(14)24(11)17(26)9-23-10-21-19-18(20(23)27)12(2)13(3)28-19/h4-7,10-11H,8-9H2,1-3H3,(H,22,25)/t11-/m0/s1. The number of hydrogen-bond donors (Lipinski definition) is 1.